The summed E-state index contributed by atoms with van der Waals surface area (Å²) in [5.74, 6) is 2.18. The zero-order valence-corrected chi connectivity index (χ0v) is 17.3. The number of amides is 1. The van der Waals surface area contributed by atoms with Crippen LogP contribution in [0.2, 0.25) is 0 Å². The highest BCUT2D eigenvalue weighted by molar-refractivity contribution is 5.94. The molecule has 0 N–H and O–H groups in total. The first kappa shape index (κ1) is 20.5. The van der Waals surface area contributed by atoms with Gasteiger partial charge in [-0.1, -0.05) is 22.9 Å². The third-order valence-corrected chi connectivity index (χ3v) is 4.73. The molecule has 1 heterocycles. The molecule has 0 saturated heterocycles. The van der Waals surface area contributed by atoms with Crippen LogP contribution in [0, 0.1) is 20.8 Å². The number of rotatable bonds is 8. The molecule has 0 aliphatic carbocycles. The summed E-state index contributed by atoms with van der Waals surface area (Å²) < 4.78 is 16.6. The Kier molecular flexibility index (Phi) is 6.54. The third-order valence-electron chi connectivity index (χ3n) is 4.73. The van der Waals surface area contributed by atoms with Gasteiger partial charge in [-0.3, -0.25) is 4.79 Å². The topological polar surface area (TPSA) is 64.8 Å². The van der Waals surface area contributed by atoms with Gasteiger partial charge in [0.05, 0.1) is 17.8 Å². The van der Waals surface area contributed by atoms with Crippen LogP contribution in [-0.2, 0) is 6.61 Å². The molecule has 6 nitrogen and oxygen atoms in total. The van der Waals surface area contributed by atoms with Gasteiger partial charge in [-0.15, -0.1) is 0 Å². The maximum atomic E-state index is 12.6. The van der Waals surface area contributed by atoms with Gasteiger partial charge >= 0.3 is 0 Å². The van der Waals surface area contributed by atoms with Crippen molar-refractivity contribution in [1.29, 1.82) is 0 Å². The molecule has 0 aliphatic heterocycles. The van der Waals surface area contributed by atoms with Crippen LogP contribution in [-0.4, -0.2) is 36.2 Å². The van der Waals surface area contributed by atoms with Crippen molar-refractivity contribution in [2.75, 3.05) is 20.2 Å². The molecule has 3 rings (SSSR count). The van der Waals surface area contributed by atoms with Crippen LogP contribution in [0.25, 0.3) is 0 Å². The van der Waals surface area contributed by atoms with Gasteiger partial charge in [0.15, 0.2) is 0 Å². The van der Waals surface area contributed by atoms with Crippen LogP contribution >= 0.6 is 0 Å². The number of likely N-dealkylation sites (N-methyl/N-ethyl adjacent to an activating group) is 1. The first-order valence-corrected chi connectivity index (χ1v) is 9.53. The van der Waals surface area contributed by atoms with Crippen LogP contribution in [0.15, 0.2) is 53.1 Å². The Morgan fingerprint density at radius 2 is 1.59 bits per heavy atom. The van der Waals surface area contributed by atoms with E-state index in [2.05, 4.69) is 5.16 Å². The largest absolute Gasteiger partial charge is 0.492 e. The minimum Gasteiger partial charge on any atom is -0.492 e. The van der Waals surface area contributed by atoms with Gasteiger partial charge in [-0.05, 0) is 57.2 Å². The molecule has 6 heteroatoms. The monoisotopic (exact) mass is 394 g/mol. The zero-order chi connectivity index (χ0) is 20.8. The second-order valence-corrected chi connectivity index (χ2v) is 7.00. The van der Waals surface area contributed by atoms with Crippen LogP contribution in [0.4, 0.5) is 0 Å². The Hall–Kier alpha value is -3.28. The number of hydrogen-bond acceptors (Lipinski definition) is 5. The highest BCUT2D eigenvalue weighted by atomic mass is 16.5. The summed E-state index contributed by atoms with van der Waals surface area (Å²) in [4.78, 5) is 14.2. The lowest BCUT2D eigenvalue weighted by Gasteiger charge is -2.18. The lowest BCUT2D eigenvalue weighted by molar-refractivity contribution is 0.0773. The number of aryl methyl sites for hydroxylation is 3. The molecule has 0 radical (unpaired) electrons. The first-order valence-electron chi connectivity index (χ1n) is 9.53. The molecule has 0 spiro atoms. The van der Waals surface area contributed by atoms with Crippen molar-refractivity contribution in [3.63, 3.8) is 0 Å². The predicted octanol–water partition coefficient (Wildman–Crippen LogP) is 4.33. The van der Waals surface area contributed by atoms with Gasteiger partial charge in [-0.2, -0.15) is 0 Å². The summed E-state index contributed by atoms with van der Waals surface area (Å²) in [6, 6.07) is 15.0. The molecule has 0 unspecified atom stereocenters. The summed E-state index contributed by atoms with van der Waals surface area (Å²) in [5.41, 5.74) is 3.55. The molecule has 0 saturated carbocycles. The van der Waals surface area contributed by atoms with Gasteiger partial charge in [0.1, 0.15) is 30.5 Å². The van der Waals surface area contributed by atoms with E-state index < -0.39 is 0 Å². The van der Waals surface area contributed by atoms with Gasteiger partial charge < -0.3 is 18.9 Å². The quantitative estimate of drug-likeness (QED) is 0.569. The van der Waals surface area contributed by atoms with Crippen molar-refractivity contribution in [3.8, 4) is 11.5 Å². The molecule has 0 aliphatic rings. The number of carbonyl (C=O) groups is 1. The van der Waals surface area contributed by atoms with Gasteiger partial charge in [0.2, 0.25) is 0 Å². The van der Waals surface area contributed by atoms with Gasteiger partial charge in [0.25, 0.3) is 5.91 Å². The lowest BCUT2D eigenvalue weighted by Crippen LogP contribution is -2.30. The second-order valence-electron chi connectivity index (χ2n) is 7.00. The Bertz CT molecular complexity index is 927. The molecule has 0 atom stereocenters. The van der Waals surface area contributed by atoms with E-state index in [-0.39, 0.29) is 5.91 Å². The first-order chi connectivity index (χ1) is 13.9. The molecule has 1 amide bonds. The molecular weight excluding hydrogens is 368 g/mol. The summed E-state index contributed by atoms with van der Waals surface area (Å²) >= 11 is 0. The predicted molar refractivity (Wildman–Crippen MR) is 110 cm³/mol. The van der Waals surface area contributed by atoms with E-state index >= 15 is 0 Å². The number of benzene rings is 2. The second kappa shape index (κ2) is 9.28. The van der Waals surface area contributed by atoms with Crippen molar-refractivity contribution in [3.05, 3.63) is 76.7 Å². The van der Waals surface area contributed by atoms with Crippen LogP contribution < -0.4 is 9.47 Å². The highest BCUT2D eigenvalue weighted by Gasteiger charge is 2.13. The Morgan fingerprint density at radius 1 is 0.966 bits per heavy atom. The summed E-state index contributed by atoms with van der Waals surface area (Å²) in [6.45, 7) is 7.09. The summed E-state index contributed by atoms with van der Waals surface area (Å²) in [5, 5.41) is 3.92. The Balaban J connectivity index is 1.49. The summed E-state index contributed by atoms with van der Waals surface area (Å²) in [6.07, 6.45) is 0. The number of aromatic nitrogens is 1. The molecule has 152 valence electrons. The standard InChI is InChI=1S/C23H26N2O4/c1-16-5-9-20(10-6-16)27-14-13-25(4)23(26)19-7-11-21(12-8-19)28-15-22-17(2)24-29-18(22)3/h5-12H,13-15H2,1-4H3. The van der Waals surface area contributed by atoms with E-state index in [0.29, 0.717) is 31.1 Å². The lowest BCUT2D eigenvalue weighted by atomic mass is 10.2. The Labute approximate surface area is 171 Å². The normalized spacial score (nSPS) is 10.6. The van der Waals surface area contributed by atoms with Gasteiger partial charge in [0, 0.05) is 12.6 Å². The molecule has 2 aromatic carbocycles. The van der Waals surface area contributed by atoms with E-state index in [1.807, 2.05) is 45.0 Å². The van der Waals surface area contributed by atoms with Crippen molar-refractivity contribution < 1.29 is 18.8 Å². The molecule has 29 heavy (non-hydrogen) atoms. The Morgan fingerprint density at radius 3 is 2.21 bits per heavy atom. The van der Waals surface area contributed by atoms with Crippen molar-refractivity contribution in [1.82, 2.24) is 10.1 Å². The number of ether oxygens (including phenoxy) is 2. The fraction of sp³-hybridized carbons (Fsp3) is 0.304. The van der Waals surface area contributed by atoms with Crippen molar-refractivity contribution >= 4 is 5.91 Å². The SMILES string of the molecule is Cc1ccc(OCCN(C)C(=O)c2ccc(OCc3c(C)noc3C)cc2)cc1. The maximum absolute atomic E-state index is 12.6. The average Bonchev–Trinajstić information content (AvgIpc) is 3.05. The minimum atomic E-state index is -0.0604. The zero-order valence-electron chi connectivity index (χ0n) is 17.3. The summed E-state index contributed by atoms with van der Waals surface area (Å²) in [7, 11) is 1.77. The number of hydrogen-bond donors (Lipinski definition) is 0. The highest BCUT2D eigenvalue weighted by Crippen LogP contribution is 2.18. The minimum absolute atomic E-state index is 0.0604. The number of nitrogens with zero attached hydrogens (tertiary/aromatic N) is 2. The van der Waals surface area contributed by atoms with E-state index in [1.165, 1.54) is 5.56 Å². The van der Waals surface area contributed by atoms with Crippen LogP contribution in [0.3, 0.4) is 0 Å². The smallest absolute Gasteiger partial charge is 0.253 e. The molecule has 0 fully saturated rings. The maximum Gasteiger partial charge on any atom is 0.253 e. The van der Waals surface area contributed by atoms with E-state index in [9.17, 15) is 4.79 Å². The van der Waals surface area contributed by atoms with Crippen LogP contribution in [0.5, 0.6) is 11.5 Å². The van der Waals surface area contributed by atoms with Crippen molar-refractivity contribution in [2.24, 2.45) is 0 Å². The molecule has 1 aromatic heterocycles. The third kappa shape index (κ3) is 5.38. The molecule has 0 bridgehead atoms. The fourth-order valence-electron chi connectivity index (χ4n) is 2.81. The van der Waals surface area contributed by atoms with Crippen LogP contribution in [0.1, 0.15) is 32.9 Å². The van der Waals surface area contributed by atoms with Gasteiger partial charge in [-0.25, -0.2) is 0 Å². The van der Waals surface area contributed by atoms with E-state index in [4.69, 9.17) is 14.0 Å². The number of carbonyl (C=O) groups excluding carboxylic acids is 1. The van der Waals surface area contributed by atoms with Crippen molar-refractivity contribution in [2.45, 2.75) is 27.4 Å². The molecule has 3 aromatic rings. The fourth-order valence-corrected chi connectivity index (χ4v) is 2.81. The van der Waals surface area contributed by atoms with E-state index in [1.54, 1.807) is 36.2 Å². The average molecular weight is 394 g/mol. The van der Waals surface area contributed by atoms with E-state index in [0.717, 1.165) is 22.8 Å². The molecular formula is C23H26N2O4.